The van der Waals surface area contributed by atoms with E-state index in [0.29, 0.717) is 21.6 Å². The van der Waals surface area contributed by atoms with Crippen LogP contribution in [0.15, 0.2) is 48.5 Å². The van der Waals surface area contributed by atoms with Crippen LogP contribution in [0.5, 0.6) is 11.5 Å². The van der Waals surface area contributed by atoms with Crippen LogP contribution in [0.25, 0.3) is 0 Å². The largest absolute Gasteiger partial charge is 0.455 e. The number of hydrogen-bond donors (Lipinski definition) is 2. The lowest BCUT2D eigenvalue weighted by Crippen LogP contribution is -2.06. The Balaban J connectivity index is 0.00000200. The Bertz CT molecular complexity index is 581. The van der Waals surface area contributed by atoms with Gasteiger partial charge in [-0.05, 0) is 30.5 Å². The zero-order valence-corrected chi connectivity index (χ0v) is 14.6. The summed E-state index contributed by atoms with van der Waals surface area (Å²) in [6, 6.07) is 14.8. The van der Waals surface area contributed by atoms with Gasteiger partial charge in [0.2, 0.25) is 0 Å². The third-order valence-electron chi connectivity index (χ3n) is 2.39. The van der Waals surface area contributed by atoms with Gasteiger partial charge in [0.15, 0.2) is 10.9 Å². The third-order valence-corrected chi connectivity index (χ3v) is 3.21. The molecule has 0 aliphatic carbocycles. The summed E-state index contributed by atoms with van der Waals surface area (Å²) >= 11 is 7.45. The van der Waals surface area contributed by atoms with E-state index in [4.69, 9.17) is 21.7 Å². The van der Waals surface area contributed by atoms with E-state index in [1.54, 1.807) is 6.07 Å². The normalized spacial score (nSPS) is 9.50. The Morgan fingerprint density at radius 3 is 2.50 bits per heavy atom. The average Bonchev–Trinajstić information content (AvgIpc) is 2.43. The fourth-order valence-electron chi connectivity index (χ4n) is 1.49. The smallest absolute Gasteiger partial charge is 0.158 e. The highest BCUT2D eigenvalue weighted by molar-refractivity contribution is 14.0. The first-order chi connectivity index (χ1) is 9.20. The number of para-hydroxylation sites is 2. The minimum atomic E-state index is 0. The van der Waals surface area contributed by atoms with Crippen LogP contribution in [0.1, 0.15) is 0 Å². The quantitative estimate of drug-likeness (QED) is 0.394. The second-order valence-electron chi connectivity index (χ2n) is 3.69. The molecule has 0 fully saturated rings. The first kappa shape index (κ1) is 17.1. The summed E-state index contributed by atoms with van der Waals surface area (Å²) in [6.07, 6.45) is 1.82. The predicted octanol–water partition coefficient (Wildman–Crippen LogP) is 5.46. The van der Waals surface area contributed by atoms with Crippen LogP contribution in [0.2, 0.25) is 5.02 Å². The van der Waals surface area contributed by atoms with E-state index in [2.05, 4.69) is 5.32 Å². The topological polar surface area (TPSA) is 45.1 Å². The Hall–Kier alpha value is -0.920. The molecular weight excluding hydrogens is 407 g/mol. The van der Waals surface area contributed by atoms with Crippen LogP contribution in [0, 0.1) is 5.41 Å². The molecule has 0 amide bonds. The Kier molecular flexibility index (Phi) is 7.18. The van der Waals surface area contributed by atoms with Crippen LogP contribution >= 0.6 is 47.3 Å². The van der Waals surface area contributed by atoms with Crippen LogP contribution in [0.4, 0.5) is 5.69 Å². The van der Waals surface area contributed by atoms with Crippen molar-refractivity contribution in [1.82, 2.24) is 0 Å². The molecule has 0 saturated carbocycles. The maximum absolute atomic E-state index is 7.69. The number of hydrogen-bond acceptors (Lipinski definition) is 3. The van der Waals surface area contributed by atoms with Crippen molar-refractivity contribution in [2.75, 3.05) is 11.6 Å². The van der Waals surface area contributed by atoms with Crippen LogP contribution in [-0.2, 0) is 0 Å². The van der Waals surface area contributed by atoms with Gasteiger partial charge in [-0.25, -0.2) is 0 Å². The number of anilines is 1. The van der Waals surface area contributed by atoms with Gasteiger partial charge < -0.3 is 10.1 Å². The minimum absolute atomic E-state index is 0. The lowest BCUT2D eigenvalue weighted by Gasteiger charge is -2.14. The molecule has 2 N–H and O–H groups in total. The molecule has 0 aromatic heterocycles. The molecule has 0 aliphatic rings. The molecule has 0 atom stereocenters. The summed E-state index contributed by atoms with van der Waals surface area (Å²) in [5.74, 6) is 1.32. The van der Waals surface area contributed by atoms with E-state index < -0.39 is 0 Å². The monoisotopic (exact) mass is 420 g/mol. The third kappa shape index (κ3) is 4.57. The number of nitrogens with one attached hydrogen (secondary N) is 2. The lowest BCUT2D eigenvalue weighted by molar-refractivity contribution is 0.485. The fraction of sp³-hybridized carbons (Fsp3) is 0.0714. The summed E-state index contributed by atoms with van der Waals surface area (Å²) in [7, 11) is 0. The highest BCUT2D eigenvalue weighted by Crippen LogP contribution is 2.35. The molecule has 0 bridgehead atoms. The van der Waals surface area contributed by atoms with Crippen LogP contribution in [-0.4, -0.2) is 11.4 Å². The van der Waals surface area contributed by atoms with Gasteiger partial charge in [-0.1, -0.05) is 47.6 Å². The standard InChI is InChI=1S/C14H13ClN2OS.HI/c1-19-14(16)17-13-11(15)8-5-9-12(13)18-10-6-3-2-4-7-10;/h2-9H,1H3,(H2,16,17);1H. The molecule has 6 heteroatoms. The van der Waals surface area contributed by atoms with Crippen molar-refractivity contribution in [3.05, 3.63) is 53.6 Å². The second-order valence-corrected chi connectivity index (χ2v) is 4.91. The van der Waals surface area contributed by atoms with Crippen molar-refractivity contribution in [2.24, 2.45) is 0 Å². The molecule has 0 spiro atoms. The number of benzene rings is 2. The molecule has 20 heavy (non-hydrogen) atoms. The first-order valence-electron chi connectivity index (χ1n) is 5.61. The Labute approximate surface area is 144 Å². The Morgan fingerprint density at radius 2 is 1.85 bits per heavy atom. The Morgan fingerprint density at radius 1 is 1.15 bits per heavy atom. The van der Waals surface area contributed by atoms with Gasteiger partial charge in [-0.15, -0.1) is 24.0 Å². The first-order valence-corrected chi connectivity index (χ1v) is 7.22. The summed E-state index contributed by atoms with van der Waals surface area (Å²) in [4.78, 5) is 0. The van der Waals surface area contributed by atoms with Crippen molar-refractivity contribution in [2.45, 2.75) is 0 Å². The molecule has 2 rings (SSSR count). The van der Waals surface area contributed by atoms with E-state index in [9.17, 15) is 0 Å². The van der Waals surface area contributed by atoms with Gasteiger partial charge in [-0.2, -0.15) is 0 Å². The highest BCUT2D eigenvalue weighted by atomic mass is 127. The van der Waals surface area contributed by atoms with Crippen molar-refractivity contribution >= 4 is 58.2 Å². The van der Waals surface area contributed by atoms with Crippen LogP contribution in [0.3, 0.4) is 0 Å². The highest BCUT2D eigenvalue weighted by Gasteiger charge is 2.10. The van der Waals surface area contributed by atoms with Crippen molar-refractivity contribution in [1.29, 1.82) is 5.41 Å². The molecule has 0 radical (unpaired) electrons. The van der Waals surface area contributed by atoms with Crippen molar-refractivity contribution in [3.8, 4) is 11.5 Å². The summed E-state index contributed by atoms with van der Waals surface area (Å²) in [5.41, 5.74) is 0.604. The summed E-state index contributed by atoms with van der Waals surface area (Å²) in [5, 5.41) is 11.5. The molecule has 0 saturated heterocycles. The zero-order valence-electron chi connectivity index (χ0n) is 10.7. The van der Waals surface area contributed by atoms with E-state index in [-0.39, 0.29) is 24.0 Å². The molecular formula is C14H14ClIN2OS. The summed E-state index contributed by atoms with van der Waals surface area (Å²) < 4.78 is 5.78. The number of thioether (sulfide) groups is 1. The van der Waals surface area contributed by atoms with Gasteiger partial charge in [-0.3, -0.25) is 5.41 Å². The molecule has 0 aliphatic heterocycles. The van der Waals surface area contributed by atoms with E-state index in [0.717, 1.165) is 5.75 Å². The van der Waals surface area contributed by atoms with Gasteiger partial charge in [0.1, 0.15) is 11.4 Å². The van der Waals surface area contributed by atoms with Crippen LogP contribution < -0.4 is 10.1 Å². The number of halogens is 2. The number of amidine groups is 1. The van der Waals surface area contributed by atoms with E-state index in [1.807, 2.05) is 48.7 Å². The van der Waals surface area contributed by atoms with Crippen molar-refractivity contribution in [3.63, 3.8) is 0 Å². The number of ether oxygens (including phenoxy) is 1. The lowest BCUT2D eigenvalue weighted by atomic mass is 10.3. The molecule has 2 aromatic carbocycles. The van der Waals surface area contributed by atoms with Crippen molar-refractivity contribution < 1.29 is 4.74 Å². The molecule has 0 unspecified atom stereocenters. The molecule has 106 valence electrons. The predicted molar refractivity (Wildman–Crippen MR) is 98.2 cm³/mol. The van der Waals surface area contributed by atoms with Gasteiger partial charge in [0, 0.05) is 0 Å². The average molecular weight is 421 g/mol. The summed E-state index contributed by atoms with van der Waals surface area (Å²) in [6.45, 7) is 0. The minimum Gasteiger partial charge on any atom is -0.455 e. The van der Waals surface area contributed by atoms with E-state index >= 15 is 0 Å². The molecule has 0 heterocycles. The maximum atomic E-state index is 7.69. The number of rotatable bonds is 3. The van der Waals surface area contributed by atoms with Gasteiger partial charge in [0.05, 0.1) is 5.02 Å². The maximum Gasteiger partial charge on any atom is 0.158 e. The fourth-order valence-corrected chi connectivity index (χ4v) is 1.91. The SMILES string of the molecule is CSC(=N)Nc1c(Cl)cccc1Oc1ccccc1.I. The zero-order chi connectivity index (χ0) is 13.7. The van der Waals surface area contributed by atoms with Gasteiger partial charge >= 0.3 is 0 Å². The second kappa shape index (κ2) is 8.39. The van der Waals surface area contributed by atoms with E-state index in [1.165, 1.54) is 11.8 Å². The molecule has 3 nitrogen and oxygen atoms in total. The molecule has 2 aromatic rings. The van der Waals surface area contributed by atoms with Gasteiger partial charge in [0.25, 0.3) is 0 Å².